The summed E-state index contributed by atoms with van der Waals surface area (Å²) in [5.74, 6) is 0.470. The van der Waals surface area contributed by atoms with E-state index in [1.165, 1.54) is 4.90 Å². The quantitative estimate of drug-likeness (QED) is 0.926. The van der Waals surface area contributed by atoms with Crippen LogP contribution in [-0.2, 0) is 6.18 Å². The van der Waals surface area contributed by atoms with Gasteiger partial charge in [0.1, 0.15) is 5.69 Å². The molecule has 0 aliphatic carbocycles. The predicted molar refractivity (Wildman–Crippen MR) is 77.2 cm³/mol. The molecule has 1 aliphatic rings. The van der Waals surface area contributed by atoms with Crippen molar-refractivity contribution in [3.63, 3.8) is 0 Å². The third kappa shape index (κ3) is 3.02. The molecule has 0 aromatic carbocycles. The Balaban J connectivity index is 1.82. The number of carbonyl (C=O) groups is 1. The molecule has 0 radical (unpaired) electrons. The highest BCUT2D eigenvalue weighted by molar-refractivity contribution is 5.94. The molecule has 0 saturated carbocycles. The molecule has 1 atom stereocenters. The molecule has 1 aliphatic heterocycles. The second-order valence-electron chi connectivity index (χ2n) is 6.10. The van der Waals surface area contributed by atoms with Crippen LogP contribution >= 0.6 is 0 Å². The zero-order valence-electron chi connectivity index (χ0n) is 13.2. The van der Waals surface area contributed by atoms with Gasteiger partial charge in [0, 0.05) is 18.7 Å². The second kappa shape index (κ2) is 5.95. The largest absolute Gasteiger partial charge is 0.431 e. The molecule has 1 saturated heterocycles. The number of carbonyl (C=O) groups excluding carboxylic acids is 1. The molecule has 1 N–H and O–H groups in total. The Bertz CT molecular complexity index is 735. The fourth-order valence-corrected chi connectivity index (χ4v) is 2.74. The van der Waals surface area contributed by atoms with Crippen LogP contribution in [0.15, 0.2) is 16.8 Å². The summed E-state index contributed by atoms with van der Waals surface area (Å²) in [6, 6.07) is 0.450. The van der Waals surface area contributed by atoms with Gasteiger partial charge in [0.25, 0.3) is 5.91 Å². The Morgan fingerprint density at radius 3 is 2.79 bits per heavy atom. The summed E-state index contributed by atoms with van der Waals surface area (Å²) in [6.07, 6.45) is -2.04. The lowest BCUT2D eigenvalue weighted by Gasteiger charge is -2.21. The molecule has 1 unspecified atom stereocenters. The van der Waals surface area contributed by atoms with Crippen LogP contribution in [-0.4, -0.2) is 32.5 Å². The minimum Gasteiger partial charge on any atom is -0.357 e. The van der Waals surface area contributed by atoms with Crippen LogP contribution in [0.2, 0.25) is 0 Å². The van der Waals surface area contributed by atoms with E-state index < -0.39 is 17.8 Å². The van der Waals surface area contributed by atoms with E-state index in [1.807, 2.05) is 13.8 Å². The molecule has 2 aromatic heterocycles. The molecule has 24 heavy (non-hydrogen) atoms. The number of hydrogen-bond donors (Lipinski definition) is 1. The van der Waals surface area contributed by atoms with E-state index in [2.05, 4.69) is 15.1 Å². The van der Waals surface area contributed by atoms with Gasteiger partial charge < -0.3 is 14.4 Å². The number of aromatic nitrogens is 3. The molecule has 3 rings (SSSR count). The molecule has 9 heteroatoms. The van der Waals surface area contributed by atoms with Crippen LogP contribution in [0.25, 0.3) is 0 Å². The van der Waals surface area contributed by atoms with Crippen molar-refractivity contribution < 1.29 is 22.5 Å². The van der Waals surface area contributed by atoms with Crippen molar-refractivity contribution in [3.8, 4) is 0 Å². The van der Waals surface area contributed by atoms with Crippen LogP contribution in [0.5, 0.6) is 0 Å². The highest BCUT2D eigenvalue weighted by atomic mass is 19.4. The number of alkyl halides is 3. The Morgan fingerprint density at radius 1 is 1.46 bits per heavy atom. The fraction of sp³-hybridized carbons (Fsp3) is 0.533. The smallest absolute Gasteiger partial charge is 0.357 e. The minimum atomic E-state index is -4.51. The number of nitrogens with zero attached hydrogens (tertiary/aromatic N) is 3. The first-order valence-corrected chi connectivity index (χ1v) is 7.67. The standard InChI is InChI=1S/C15H17F3N4O2/c1-8(2)13-20-12(21-24-13)10-4-3-5-22(10)14(23)9-6-11(19-7-9)15(16,17)18/h6-8,10,19H,3-5H2,1-2H3. The van der Waals surface area contributed by atoms with Gasteiger partial charge in [-0.2, -0.15) is 18.2 Å². The summed E-state index contributed by atoms with van der Waals surface area (Å²) in [5.41, 5.74) is -0.968. The fourth-order valence-electron chi connectivity index (χ4n) is 2.74. The van der Waals surface area contributed by atoms with Gasteiger partial charge in [-0.25, -0.2) is 0 Å². The zero-order valence-corrected chi connectivity index (χ0v) is 13.2. The lowest BCUT2D eigenvalue weighted by Crippen LogP contribution is -2.30. The van der Waals surface area contributed by atoms with E-state index in [1.54, 1.807) is 0 Å². The van der Waals surface area contributed by atoms with E-state index in [0.29, 0.717) is 24.7 Å². The Hall–Kier alpha value is -2.32. The maximum absolute atomic E-state index is 12.7. The van der Waals surface area contributed by atoms with Gasteiger partial charge in [-0.3, -0.25) is 4.79 Å². The number of amides is 1. The van der Waals surface area contributed by atoms with Crippen molar-refractivity contribution in [2.45, 2.75) is 44.8 Å². The molecule has 130 valence electrons. The van der Waals surface area contributed by atoms with Gasteiger partial charge in [0.15, 0.2) is 5.82 Å². The number of H-pyrrole nitrogens is 1. The van der Waals surface area contributed by atoms with Crippen LogP contribution < -0.4 is 0 Å². The SMILES string of the molecule is CC(C)c1nc(C2CCCN2C(=O)c2c[nH]c(C(F)(F)F)c2)no1. The average molecular weight is 342 g/mol. The first-order valence-electron chi connectivity index (χ1n) is 7.67. The number of halogens is 3. The molecular formula is C15H17F3N4O2. The third-order valence-corrected chi connectivity index (χ3v) is 4.00. The maximum Gasteiger partial charge on any atom is 0.431 e. The number of likely N-dealkylation sites (tertiary alicyclic amines) is 1. The monoisotopic (exact) mass is 342 g/mol. The van der Waals surface area contributed by atoms with Crippen molar-refractivity contribution >= 4 is 5.91 Å². The molecule has 1 amide bonds. The van der Waals surface area contributed by atoms with E-state index in [9.17, 15) is 18.0 Å². The summed E-state index contributed by atoms with van der Waals surface area (Å²) >= 11 is 0. The summed E-state index contributed by atoms with van der Waals surface area (Å²) in [7, 11) is 0. The van der Waals surface area contributed by atoms with Crippen LogP contribution in [0, 0.1) is 0 Å². The Morgan fingerprint density at radius 2 is 2.21 bits per heavy atom. The van der Waals surface area contributed by atoms with Gasteiger partial charge in [0.05, 0.1) is 11.6 Å². The number of hydrogen-bond acceptors (Lipinski definition) is 4. The maximum atomic E-state index is 12.7. The average Bonchev–Trinajstić information content (AvgIpc) is 3.24. The lowest BCUT2D eigenvalue weighted by molar-refractivity contribution is -0.140. The summed E-state index contributed by atoms with van der Waals surface area (Å²) < 4.78 is 43.2. The zero-order chi connectivity index (χ0) is 17.5. The molecule has 1 fully saturated rings. The van der Waals surface area contributed by atoms with Crippen molar-refractivity contribution in [3.05, 3.63) is 35.2 Å². The number of nitrogens with one attached hydrogen (secondary N) is 1. The van der Waals surface area contributed by atoms with Crippen molar-refractivity contribution in [1.82, 2.24) is 20.0 Å². The van der Waals surface area contributed by atoms with Crippen LogP contribution in [0.4, 0.5) is 13.2 Å². The topological polar surface area (TPSA) is 75.0 Å². The van der Waals surface area contributed by atoms with Crippen molar-refractivity contribution in [1.29, 1.82) is 0 Å². The minimum absolute atomic E-state index is 0.0261. The van der Waals surface area contributed by atoms with E-state index in [4.69, 9.17) is 4.52 Å². The molecule has 3 heterocycles. The lowest BCUT2D eigenvalue weighted by atomic mass is 10.2. The van der Waals surface area contributed by atoms with E-state index in [-0.39, 0.29) is 17.5 Å². The Labute approximate surface area is 136 Å². The molecule has 0 bridgehead atoms. The first-order chi connectivity index (χ1) is 11.3. The summed E-state index contributed by atoms with van der Waals surface area (Å²) in [4.78, 5) is 20.5. The molecule has 0 spiro atoms. The van der Waals surface area contributed by atoms with Crippen LogP contribution in [0.1, 0.15) is 66.4 Å². The van der Waals surface area contributed by atoms with Gasteiger partial charge in [-0.1, -0.05) is 19.0 Å². The Kier molecular flexibility index (Phi) is 4.10. The second-order valence-corrected chi connectivity index (χ2v) is 6.10. The van der Waals surface area contributed by atoms with Crippen molar-refractivity contribution in [2.75, 3.05) is 6.54 Å². The molecular weight excluding hydrogens is 325 g/mol. The molecule has 2 aromatic rings. The van der Waals surface area contributed by atoms with Gasteiger partial charge in [-0.15, -0.1) is 0 Å². The number of rotatable bonds is 3. The summed E-state index contributed by atoms with van der Waals surface area (Å²) in [5, 5.41) is 3.92. The molecule has 6 nitrogen and oxygen atoms in total. The van der Waals surface area contributed by atoms with E-state index >= 15 is 0 Å². The van der Waals surface area contributed by atoms with Gasteiger partial charge >= 0.3 is 6.18 Å². The number of aromatic amines is 1. The van der Waals surface area contributed by atoms with Gasteiger partial charge in [-0.05, 0) is 18.9 Å². The highest BCUT2D eigenvalue weighted by Gasteiger charge is 2.37. The third-order valence-electron chi connectivity index (χ3n) is 4.00. The normalized spacial score (nSPS) is 18.6. The van der Waals surface area contributed by atoms with E-state index in [0.717, 1.165) is 18.7 Å². The van der Waals surface area contributed by atoms with Gasteiger partial charge in [0.2, 0.25) is 5.89 Å². The first kappa shape index (κ1) is 16.5. The predicted octanol–water partition coefficient (Wildman–Crippen LogP) is 3.52. The van der Waals surface area contributed by atoms with Crippen LogP contribution in [0.3, 0.4) is 0 Å². The van der Waals surface area contributed by atoms with Crippen molar-refractivity contribution in [2.24, 2.45) is 0 Å². The highest BCUT2D eigenvalue weighted by Crippen LogP contribution is 2.33. The summed E-state index contributed by atoms with van der Waals surface area (Å²) in [6.45, 7) is 4.27.